The van der Waals surface area contributed by atoms with Crippen LogP contribution in [0.1, 0.15) is 5.82 Å². The van der Waals surface area contributed by atoms with Crippen LogP contribution in [-0.4, -0.2) is 29.0 Å². The van der Waals surface area contributed by atoms with Crippen LogP contribution in [0.4, 0.5) is 5.82 Å². The second kappa shape index (κ2) is 3.58. The number of imidazole rings is 1. The highest BCUT2D eigenvalue weighted by Crippen LogP contribution is 2.15. The van der Waals surface area contributed by atoms with Crippen molar-refractivity contribution in [1.82, 2.24) is 15.0 Å². The maximum atomic E-state index is 8.55. The van der Waals surface area contributed by atoms with Crippen LogP contribution in [0.5, 0.6) is 0 Å². The molecule has 5 nitrogen and oxygen atoms in total. The zero-order valence-electron chi connectivity index (χ0n) is 8.65. The van der Waals surface area contributed by atoms with Gasteiger partial charge in [-0.15, -0.1) is 0 Å². The Morgan fingerprint density at radius 3 is 3.00 bits per heavy atom. The molecule has 2 rings (SSSR count). The predicted molar refractivity (Wildman–Crippen MR) is 57.5 cm³/mol. The number of pyridine rings is 1. The summed E-state index contributed by atoms with van der Waals surface area (Å²) in [5, 5.41) is 8.55. The molecule has 0 aliphatic rings. The molecule has 5 heteroatoms. The second-order valence-electron chi connectivity index (χ2n) is 3.47. The lowest BCUT2D eigenvalue weighted by Gasteiger charge is -2.09. The predicted octanol–water partition coefficient (Wildman–Crippen LogP) is 1.09. The Bertz CT molecular complexity index is 520. The van der Waals surface area contributed by atoms with Crippen molar-refractivity contribution in [2.75, 3.05) is 19.0 Å². The topological polar surface area (TPSA) is 68.6 Å². The first-order chi connectivity index (χ1) is 7.20. The Morgan fingerprint density at radius 2 is 2.33 bits per heavy atom. The van der Waals surface area contributed by atoms with Gasteiger partial charge >= 0.3 is 0 Å². The van der Waals surface area contributed by atoms with Crippen molar-refractivity contribution < 1.29 is 0 Å². The minimum atomic E-state index is 0.298. The molecule has 1 N–H and O–H groups in total. The van der Waals surface area contributed by atoms with Gasteiger partial charge in [0, 0.05) is 20.2 Å². The van der Waals surface area contributed by atoms with Crippen LogP contribution in [0.15, 0.2) is 12.3 Å². The summed E-state index contributed by atoms with van der Waals surface area (Å²) in [6.45, 7) is 0. The lowest BCUT2D eigenvalue weighted by Crippen LogP contribution is -2.09. The Kier molecular flexibility index (Phi) is 2.26. The summed E-state index contributed by atoms with van der Waals surface area (Å²) < 4.78 is 0. The first-order valence-corrected chi connectivity index (χ1v) is 4.59. The third-order valence-corrected chi connectivity index (χ3v) is 2.11. The molecule has 0 aromatic carbocycles. The summed E-state index contributed by atoms with van der Waals surface area (Å²) in [6, 6.07) is 3.95. The average Bonchev–Trinajstić information content (AvgIpc) is 2.59. The number of nitriles is 1. The van der Waals surface area contributed by atoms with Gasteiger partial charge in [-0.2, -0.15) is 5.26 Å². The first-order valence-electron chi connectivity index (χ1n) is 4.59. The van der Waals surface area contributed by atoms with E-state index in [1.165, 1.54) is 0 Å². The molecule has 0 aliphatic carbocycles. The van der Waals surface area contributed by atoms with Crippen molar-refractivity contribution in [3.05, 3.63) is 18.1 Å². The molecule has 0 amide bonds. The Labute approximate surface area is 87.4 Å². The van der Waals surface area contributed by atoms with Gasteiger partial charge in [0.15, 0.2) is 0 Å². The molecule has 15 heavy (non-hydrogen) atoms. The van der Waals surface area contributed by atoms with E-state index in [0.29, 0.717) is 12.2 Å². The average molecular weight is 201 g/mol. The molecule has 2 aromatic rings. The van der Waals surface area contributed by atoms with E-state index in [9.17, 15) is 0 Å². The monoisotopic (exact) mass is 201 g/mol. The van der Waals surface area contributed by atoms with E-state index in [1.54, 1.807) is 6.20 Å². The highest BCUT2D eigenvalue weighted by atomic mass is 15.1. The highest BCUT2D eigenvalue weighted by Gasteiger charge is 2.04. The van der Waals surface area contributed by atoms with Gasteiger partial charge in [-0.25, -0.2) is 9.97 Å². The van der Waals surface area contributed by atoms with Crippen molar-refractivity contribution in [3.8, 4) is 6.07 Å². The maximum Gasteiger partial charge on any atom is 0.130 e. The van der Waals surface area contributed by atoms with Gasteiger partial charge in [0.25, 0.3) is 0 Å². The molecule has 0 bridgehead atoms. The number of hydrogen-bond donors (Lipinski definition) is 1. The first kappa shape index (κ1) is 9.46. The van der Waals surface area contributed by atoms with Gasteiger partial charge in [0.1, 0.15) is 11.6 Å². The molecule has 2 aromatic heterocycles. The normalized spacial score (nSPS) is 10.2. The largest absolute Gasteiger partial charge is 0.363 e. The van der Waals surface area contributed by atoms with Crippen molar-refractivity contribution in [3.63, 3.8) is 0 Å². The third-order valence-electron chi connectivity index (χ3n) is 2.11. The fourth-order valence-electron chi connectivity index (χ4n) is 1.35. The second-order valence-corrected chi connectivity index (χ2v) is 3.47. The van der Waals surface area contributed by atoms with E-state index in [-0.39, 0.29) is 0 Å². The van der Waals surface area contributed by atoms with Gasteiger partial charge in [0.05, 0.1) is 29.7 Å². The van der Waals surface area contributed by atoms with Gasteiger partial charge in [0.2, 0.25) is 0 Å². The highest BCUT2D eigenvalue weighted by molar-refractivity contribution is 5.77. The lowest BCUT2D eigenvalue weighted by atomic mass is 10.4. The molecular formula is C10H11N5. The molecule has 0 aliphatic heterocycles. The van der Waals surface area contributed by atoms with E-state index in [4.69, 9.17) is 5.26 Å². The number of nitrogens with zero attached hydrogens (tertiary/aromatic N) is 4. The van der Waals surface area contributed by atoms with E-state index in [1.807, 2.05) is 25.1 Å². The lowest BCUT2D eigenvalue weighted by molar-refractivity contribution is 1.07. The number of H-pyrrole nitrogens is 1. The molecule has 0 fully saturated rings. The van der Waals surface area contributed by atoms with Crippen LogP contribution in [0.3, 0.4) is 0 Å². The van der Waals surface area contributed by atoms with Crippen LogP contribution >= 0.6 is 0 Å². The SMILES string of the molecule is CN(C)c1cc2nc(CC#N)[nH]c2cn1. The van der Waals surface area contributed by atoms with Crippen molar-refractivity contribution in [2.45, 2.75) is 6.42 Å². The zero-order chi connectivity index (χ0) is 10.8. The fraction of sp³-hybridized carbons (Fsp3) is 0.300. The molecule has 0 spiro atoms. The van der Waals surface area contributed by atoms with Gasteiger partial charge in [-0.1, -0.05) is 0 Å². The molecule has 2 heterocycles. The number of aromatic nitrogens is 3. The maximum absolute atomic E-state index is 8.55. The van der Waals surface area contributed by atoms with Gasteiger partial charge in [-0.05, 0) is 0 Å². The number of hydrogen-bond acceptors (Lipinski definition) is 4. The number of fused-ring (bicyclic) bond motifs is 1. The molecule has 0 unspecified atom stereocenters. The number of aromatic amines is 1. The Morgan fingerprint density at radius 1 is 1.53 bits per heavy atom. The quantitative estimate of drug-likeness (QED) is 0.789. The fourth-order valence-corrected chi connectivity index (χ4v) is 1.35. The minimum Gasteiger partial charge on any atom is -0.363 e. The molecule has 76 valence electrons. The minimum absolute atomic E-state index is 0.298. The number of anilines is 1. The third kappa shape index (κ3) is 1.74. The van der Waals surface area contributed by atoms with Crippen molar-refractivity contribution in [2.24, 2.45) is 0 Å². The van der Waals surface area contributed by atoms with E-state index < -0.39 is 0 Å². The molecule has 0 saturated carbocycles. The van der Waals surface area contributed by atoms with E-state index >= 15 is 0 Å². The van der Waals surface area contributed by atoms with Crippen molar-refractivity contribution in [1.29, 1.82) is 5.26 Å². The molecule has 0 saturated heterocycles. The summed E-state index contributed by atoms with van der Waals surface area (Å²) in [5.74, 6) is 1.54. The molecule has 0 atom stereocenters. The smallest absolute Gasteiger partial charge is 0.130 e. The van der Waals surface area contributed by atoms with Crippen LogP contribution in [-0.2, 0) is 6.42 Å². The van der Waals surface area contributed by atoms with Crippen LogP contribution in [0, 0.1) is 11.3 Å². The van der Waals surface area contributed by atoms with Crippen molar-refractivity contribution >= 4 is 16.9 Å². The molecule has 0 radical (unpaired) electrons. The van der Waals surface area contributed by atoms with Crippen LogP contribution in [0.25, 0.3) is 11.0 Å². The summed E-state index contributed by atoms with van der Waals surface area (Å²) >= 11 is 0. The van der Waals surface area contributed by atoms with Crippen LogP contribution in [0.2, 0.25) is 0 Å². The summed E-state index contributed by atoms with van der Waals surface area (Å²) in [5.41, 5.74) is 1.71. The Balaban J connectivity index is 2.48. The number of nitrogens with one attached hydrogen (secondary N) is 1. The van der Waals surface area contributed by atoms with E-state index in [0.717, 1.165) is 16.9 Å². The zero-order valence-corrected chi connectivity index (χ0v) is 8.65. The van der Waals surface area contributed by atoms with Crippen LogP contribution < -0.4 is 4.90 Å². The summed E-state index contributed by atoms with van der Waals surface area (Å²) in [4.78, 5) is 13.5. The van der Waals surface area contributed by atoms with Gasteiger partial charge < -0.3 is 9.88 Å². The molecular weight excluding hydrogens is 190 g/mol. The van der Waals surface area contributed by atoms with E-state index in [2.05, 4.69) is 21.0 Å². The summed E-state index contributed by atoms with van der Waals surface area (Å²) in [7, 11) is 3.86. The van der Waals surface area contributed by atoms with Gasteiger partial charge in [-0.3, -0.25) is 0 Å². The Hall–Kier alpha value is -2.09. The summed E-state index contributed by atoms with van der Waals surface area (Å²) in [6.07, 6.45) is 2.03. The number of rotatable bonds is 2. The standard InChI is InChI=1S/C10H11N5/c1-15(2)10-5-7-8(6-12-10)14-9(13-7)3-4-11/h5-6H,3H2,1-2H3,(H,13,14).